The highest BCUT2D eigenvalue weighted by Gasteiger charge is 2.22. The van der Waals surface area contributed by atoms with Crippen LogP contribution in [0.2, 0.25) is 0 Å². The third-order valence-electron chi connectivity index (χ3n) is 5.46. The molecule has 0 unspecified atom stereocenters. The van der Waals surface area contributed by atoms with Crippen molar-refractivity contribution in [3.63, 3.8) is 0 Å². The number of piperidine rings is 1. The molecule has 1 aliphatic rings. The molecule has 1 aliphatic heterocycles. The maximum absolute atomic E-state index is 13.4. The fourth-order valence-electron chi connectivity index (χ4n) is 4.04. The molecule has 0 bridgehead atoms. The van der Waals surface area contributed by atoms with Crippen molar-refractivity contribution in [1.82, 2.24) is 14.5 Å². The van der Waals surface area contributed by atoms with Gasteiger partial charge >= 0.3 is 0 Å². The Hall–Kier alpha value is -2.20. The van der Waals surface area contributed by atoms with Gasteiger partial charge in [0.05, 0.1) is 17.6 Å². The van der Waals surface area contributed by atoms with Crippen molar-refractivity contribution in [2.75, 3.05) is 13.1 Å². The van der Waals surface area contributed by atoms with Gasteiger partial charge in [0.1, 0.15) is 11.6 Å². The molecule has 3 nitrogen and oxygen atoms in total. The van der Waals surface area contributed by atoms with E-state index in [4.69, 9.17) is 4.98 Å². The standard InChI is InChI=1S/C21H24FN3/c1-15-5-3-8-19-21(15)24(2)20(23-19)14-25-11-9-16(10-12-25)17-6-4-7-18(22)13-17/h3-8,13,16H,9-12,14H2,1-2H3. The van der Waals surface area contributed by atoms with Crippen LogP contribution in [-0.2, 0) is 13.6 Å². The number of aryl methyl sites for hydroxylation is 2. The largest absolute Gasteiger partial charge is 0.330 e. The van der Waals surface area contributed by atoms with Gasteiger partial charge in [-0.2, -0.15) is 0 Å². The second kappa shape index (κ2) is 6.60. The van der Waals surface area contributed by atoms with Crippen LogP contribution in [0.5, 0.6) is 0 Å². The Labute approximate surface area is 148 Å². The van der Waals surface area contributed by atoms with Crippen LogP contribution in [0.1, 0.15) is 35.7 Å². The zero-order valence-corrected chi connectivity index (χ0v) is 14.9. The Morgan fingerprint density at radius 1 is 1.12 bits per heavy atom. The first-order valence-corrected chi connectivity index (χ1v) is 9.00. The van der Waals surface area contributed by atoms with E-state index in [0.717, 1.165) is 49.4 Å². The predicted octanol–water partition coefficient (Wildman–Crippen LogP) is 4.40. The molecule has 1 saturated heterocycles. The first-order valence-electron chi connectivity index (χ1n) is 9.00. The number of hydrogen-bond donors (Lipinski definition) is 0. The molecule has 130 valence electrons. The molecule has 0 amide bonds. The normalized spacial score (nSPS) is 16.6. The van der Waals surface area contributed by atoms with Crippen LogP contribution < -0.4 is 0 Å². The molecule has 25 heavy (non-hydrogen) atoms. The number of likely N-dealkylation sites (tertiary alicyclic amines) is 1. The van der Waals surface area contributed by atoms with Gasteiger partial charge in [0, 0.05) is 7.05 Å². The third-order valence-corrected chi connectivity index (χ3v) is 5.46. The van der Waals surface area contributed by atoms with E-state index in [9.17, 15) is 4.39 Å². The van der Waals surface area contributed by atoms with Crippen LogP contribution in [0, 0.1) is 12.7 Å². The summed E-state index contributed by atoms with van der Waals surface area (Å²) in [5, 5.41) is 0. The average molecular weight is 337 g/mol. The first kappa shape index (κ1) is 16.3. The molecule has 1 aromatic heterocycles. The highest BCUT2D eigenvalue weighted by molar-refractivity contribution is 5.79. The van der Waals surface area contributed by atoms with E-state index >= 15 is 0 Å². The van der Waals surface area contributed by atoms with Crippen molar-refractivity contribution >= 4 is 11.0 Å². The van der Waals surface area contributed by atoms with Gasteiger partial charge in [-0.15, -0.1) is 0 Å². The summed E-state index contributed by atoms with van der Waals surface area (Å²) in [5.41, 5.74) is 4.71. The van der Waals surface area contributed by atoms with E-state index in [2.05, 4.69) is 47.7 Å². The number of fused-ring (bicyclic) bond motifs is 1. The quantitative estimate of drug-likeness (QED) is 0.706. The molecule has 0 spiro atoms. The van der Waals surface area contributed by atoms with Crippen molar-refractivity contribution in [1.29, 1.82) is 0 Å². The maximum Gasteiger partial charge on any atom is 0.123 e. The summed E-state index contributed by atoms with van der Waals surface area (Å²) in [5.74, 6) is 1.46. The molecule has 4 rings (SSSR count). The van der Waals surface area contributed by atoms with Crippen LogP contribution in [0.25, 0.3) is 11.0 Å². The van der Waals surface area contributed by atoms with Gasteiger partial charge in [0.2, 0.25) is 0 Å². The van der Waals surface area contributed by atoms with Crippen molar-refractivity contribution in [3.8, 4) is 0 Å². The van der Waals surface area contributed by atoms with Crippen LogP contribution in [0.4, 0.5) is 4.39 Å². The molecule has 0 radical (unpaired) electrons. The van der Waals surface area contributed by atoms with Gasteiger partial charge in [-0.05, 0) is 68.1 Å². The Kier molecular flexibility index (Phi) is 4.30. The van der Waals surface area contributed by atoms with Crippen LogP contribution in [-0.4, -0.2) is 27.5 Å². The molecule has 0 saturated carbocycles. The number of nitrogens with zero attached hydrogens (tertiary/aromatic N) is 3. The number of aromatic nitrogens is 2. The fraction of sp³-hybridized carbons (Fsp3) is 0.381. The number of rotatable bonds is 3. The lowest BCUT2D eigenvalue weighted by Gasteiger charge is -2.31. The summed E-state index contributed by atoms with van der Waals surface area (Å²) in [6, 6.07) is 13.4. The maximum atomic E-state index is 13.4. The van der Waals surface area contributed by atoms with Crippen LogP contribution in [0.15, 0.2) is 42.5 Å². The Bertz CT molecular complexity index is 891. The molecular formula is C21H24FN3. The van der Waals surface area contributed by atoms with E-state index in [1.807, 2.05) is 6.07 Å². The number of benzene rings is 2. The number of hydrogen-bond acceptors (Lipinski definition) is 2. The fourth-order valence-corrected chi connectivity index (χ4v) is 4.04. The molecule has 1 fully saturated rings. The summed E-state index contributed by atoms with van der Waals surface area (Å²) >= 11 is 0. The lowest BCUT2D eigenvalue weighted by atomic mass is 9.89. The molecule has 2 heterocycles. The van der Waals surface area contributed by atoms with Gasteiger partial charge in [-0.1, -0.05) is 24.3 Å². The molecule has 2 aromatic carbocycles. The second-order valence-corrected chi connectivity index (χ2v) is 7.14. The summed E-state index contributed by atoms with van der Waals surface area (Å²) < 4.78 is 15.7. The van der Waals surface area contributed by atoms with Crippen molar-refractivity contribution in [3.05, 3.63) is 65.2 Å². The minimum atomic E-state index is -0.130. The van der Waals surface area contributed by atoms with Crippen LogP contribution >= 0.6 is 0 Å². The van der Waals surface area contributed by atoms with E-state index in [0.29, 0.717) is 5.92 Å². The Morgan fingerprint density at radius 2 is 1.88 bits per heavy atom. The summed E-state index contributed by atoms with van der Waals surface area (Å²) in [7, 11) is 2.11. The molecular weight excluding hydrogens is 313 g/mol. The van der Waals surface area contributed by atoms with Crippen molar-refractivity contribution < 1.29 is 4.39 Å². The van der Waals surface area contributed by atoms with E-state index in [-0.39, 0.29) is 5.82 Å². The van der Waals surface area contributed by atoms with E-state index in [1.54, 1.807) is 6.07 Å². The molecule has 3 aromatic rings. The molecule has 4 heteroatoms. The predicted molar refractivity (Wildman–Crippen MR) is 99.1 cm³/mol. The SMILES string of the molecule is Cc1cccc2nc(CN3CCC(c4cccc(F)c4)CC3)n(C)c12. The molecule has 0 atom stereocenters. The van der Waals surface area contributed by atoms with Crippen molar-refractivity contribution in [2.24, 2.45) is 7.05 Å². The number of halogens is 1. The van der Waals surface area contributed by atoms with Gasteiger partial charge in [-0.25, -0.2) is 9.37 Å². The smallest absolute Gasteiger partial charge is 0.123 e. The van der Waals surface area contributed by atoms with Gasteiger partial charge in [0.15, 0.2) is 0 Å². The lowest BCUT2D eigenvalue weighted by Crippen LogP contribution is -2.33. The first-order chi connectivity index (χ1) is 12.1. The monoisotopic (exact) mass is 337 g/mol. The second-order valence-electron chi connectivity index (χ2n) is 7.14. The van der Waals surface area contributed by atoms with Crippen LogP contribution in [0.3, 0.4) is 0 Å². The lowest BCUT2D eigenvalue weighted by molar-refractivity contribution is 0.199. The topological polar surface area (TPSA) is 21.1 Å². The van der Waals surface area contributed by atoms with E-state index in [1.165, 1.54) is 17.1 Å². The van der Waals surface area contributed by atoms with E-state index < -0.39 is 0 Å². The van der Waals surface area contributed by atoms with Gasteiger partial charge in [0.25, 0.3) is 0 Å². The van der Waals surface area contributed by atoms with Gasteiger partial charge < -0.3 is 4.57 Å². The third kappa shape index (κ3) is 3.19. The highest BCUT2D eigenvalue weighted by atomic mass is 19.1. The Morgan fingerprint density at radius 3 is 2.60 bits per heavy atom. The number of para-hydroxylation sites is 1. The summed E-state index contributed by atoms with van der Waals surface area (Å²) in [6.07, 6.45) is 2.15. The van der Waals surface area contributed by atoms with Crippen molar-refractivity contribution in [2.45, 2.75) is 32.2 Å². The molecule has 0 aliphatic carbocycles. The minimum absolute atomic E-state index is 0.130. The Balaban J connectivity index is 1.45. The zero-order chi connectivity index (χ0) is 17.4. The highest BCUT2D eigenvalue weighted by Crippen LogP contribution is 2.29. The summed E-state index contributed by atoms with van der Waals surface area (Å²) in [4.78, 5) is 7.29. The average Bonchev–Trinajstić information content (AvgIpc) is 2.93. The minimum Gasteiger partial charge on any atom is -0.330 e. The summed E-state index contributed by atoms with van der Waals surface area (Å²) in [6.45, 7) is 5.07. The zero-order valence-electron chi connectivity index (χ0n) is 14.9. The van der Waals surface area contributed by atoms with Gasteiger partial charge in [-0.3, -0.25) is 4.90 Å². The number of imidazole rings is 1. The molecule has 0 N–H and O–H groups in total.